The fourth-order valence-corrected chi connectivity index (χ4v) is 3.68. The molecule has 2 rings (SSSR count). The summed E-state index contributed by atoms with van der Waals surface area (Å²) in [6, 6.07) is 8.62. The summed E-state index contributed by atoms with van der Waals surface area (Å²) in [7, 11) is -1.21. The summed E-state index contributed by atoms with van der Waals surface area (Å²) in [6.45, 7) is 2.91. The van der Waals surface area contributed by atoms with Crippen LogP contribution in [0.3, 0.4) is 0 Å². The van der Waals surface area contributed by atoms with E-state index in [1.165, 1.54) is 0 Å². The Morgan fingerprint density at radius 3 is 2.57 bits per heavy atom. The fraction of sp³-hybridized carbons (Fsp3) is 0.467. The van der Waals surface area contributed by atoms with E-state index in [9.17, 15) is 9.00 Å². The summed E-state index contributed by atoms with van der Waals surface area (Å²) in [5.74, 6) is -0.260. The van der Waals surface area contributed by atoms with Gasteiger partial charge in [-0.25, -0.2) is 0 Å². The number of nitrogens with one attached hydrogen (secondary N) is 1. The molecule has 6 heteroatoms. The predicted molar refractivity (Wildman–Crippen MR) is 81.2 cm³/mol. The minimum absolute atomic E-state index is 0.0282. The summed E-state index contributed by atoms with van der Waals surface area (Å²) >= 11 is 0. The second-order valence-electron chi connectivity index (χ2n) is 4.96. The van der Waals surface area contributed by atoms with Crippen molar-refractivity contribution in [1.29, 1.82) is 5.26 Å². The molecule has 0 aliphatic carbocycles. The molecule has 1 saturated heterocycles. The van der Waals surface area contributed by atoms with Crippen molar-refractivity contribution < 1.29 is 13.7 Å². The van der Waals surface area contributed by atoms with Crippen molar-refractivity contribution in [2.75, 3.05) is 18.5 Å². The van der Waals surface area contributed by atoms with Crippen molar-refractivity contribution in [3.8, 4) is 6.07 Å². The lowest BCUT2D eigenvalue weighted by molar-refractivity contribution is -0.115. The van der Waals surface area contributed by atoms with E-state index in [0.717, 1.165) is 12.8 Å². The summed E-state index contributed by atoms with van der Waals surface area (Å²) < 4.78 is 17.6. The number of benzene rings is 1. The number of hydrogen-bond donors (Lipinski definition) is 1. The summed E-state index contributed by atoms with van der Waals surface area (Å²) in [5, 5.41) is 10.9. The Labute approximate surface area is 126 Å². The van der Waals surface area contributed by atoms with Gasteiger partial charge >= 0.3 is 0 Å². The average Bonchev–Trinajstić information content (AvgIpc) is 2.55. The molecule has 1 aliphatic heterocycles. The van der Waals surface area contributed by atoms with Crippen molar-refractivity contribution in [3.63, 3.8) is 0 Å². The molecule has 0 spiro atoms. The minimum Gasteiger partial charge on any atom is -0.381 e. The van der Waals surface area contributed by atoms with E-state index in [-0.39, 0.29) is 11.2 Å². The quantitative estimate of drug-likeness (QED) is 0.920. The SMILES string of the molecule is CC(C(=O)Nc1ccc(C#N)cc1)S(=O)C1CCOCC1. The van der Waals surface area contributed by atoms with Crippen LogP contribution in [0.5, 0.6) is 0 Å². The third-order valence-electron chi connectivity index (χ3n) is 3.50. The molecule has 2 unspecified atom stereocenters. The molecule has 1 N–H and O–H groups in total. The third-order valence-corrected chi connectivity index (χ3v) is 5.54. The summed E-state index contributed by atoms with van der Waals surface area (Å²) in [4.78, 5) is 12.2. The van der Waals surface area contributed by atoms with Gasteiger partial charge in [0.2, 0.25) is 5.91 Å². The maximum atomic E-state index is 12.4. The number of hydrogen-bond acceptors (Lipinski definition) is 4. The molecule has 1 amide bonds. The Bertz CT molecular complexity index is 559. The monoisotopic (exact) mass is 306 g/mol. The zero-order chi connectivity index (χ0) is 15.2. The molecule has 112 valence electrons. The second kappa shape index (κ2) is 7.34. The molecule has 2 atom stereocenters. The summed E-state index contributed by atoms with van der Waals surface area (Å²) in [6.07, 6.45) is 1.47. The molecule has 0 saturated carbocycles. The van der Waals surface area contributed by atoms with Gasteiger partial charge in [0, 0.05) is 35.0 Å². The molecule has 0 aromatic heterocycles. The number of nitriles is 1. The maximum absolute atomic E-state index is 12.4. The molecule has 1 heterocycles. The molecule has 1 aliphatic rings. The van der Waals surface area contributed by atoms with E-state index in [1.807, 2.05) is 6.07 Å². The zero-order valence-electron chi connectivity index (χ0n) is 11.9. The van der Waals surface area contributed by atoms with E-state index in [1.54, 1.807) is 31.2 Å². The van der Waals surface area contributed by atoms with Crippen molar-refractivity contribution in [2.24, 2.45) is 0 Å². The van der Waals surface area contributed by atoms with Crippen molar-refractivity contribution >= 4 is 22.4 Å². The van der Waals surface area contributed by atoms with Gasteiger partial charge < -0.3 is 10.1 Å². The van der Waals surface area contributed by atoms with Gasteiger partial charge in [-0.05, 0) is 44.0 Å². The number of amides is 1. The molecule has 5 nitrogen and oxygen atoms in total. The third kappa shape index (κ3) is 4.13. The lowest BCUT2D eigenvalue weighted by atomic mass is 10.2. The summed E-state index contributed by atoms with van der Waals surface area (Å²) in [5.41, 5.74) is 1.14. The lowest BCUT2D eigenvalue weighted by Gasteiger charge is -2.24. The van der Waals surface area contributed by atoms with E-state index >= 15 is 0 Å². The molecular formula is C15H18N2O3S. The van der Waals surface area contributed by atoms with Crippen molar-refractivity contribution in [3.05, 3.63) is 29.8 Å². The van der Waals surface area contributed by atoms with Crippen LogP contribution in [0.2, 0.25) is 0 Å². The van der Waals surface area contributed by atoms with Crippen LogP contribution in [0.15, 0.2) is 24.3 Å². The van der Waals surface area contributed by atoms with Crippen LogP contribution in [0, 0.1) is 11.3 Å². The average molecular weight is 306 g/mol. The van der Waals surface area contributed by atoms with E-state index < -0.39 is 16.0 Å². The molecule has 0 bridgehead atoms. The second-order valence-corrected chi connectivity index (χ2v) is 6.99. The van der Waals surface area contributed by atoms with Gasteiger partial charge in [-0.3, -0.25) is 9.00 Å². The largest absolute Gasteiger partial charge is 0.381 e. The van der Waals surface area contributed by atoms with Gasteiger partial charge in [0.25, 0.3) is 0 Å². The molecule has 1 aromatic rings. The van der Waals surface area contributed by atoms with Gasteiger partial charge in [0.1, 0.15) is 5.25 Å². The highest BCUT2D eigenvalue weighted by Crippen LogP contribution is 2.18. The highest BCUT2D eigenvalue weighted by Gasteiger charge is 2.28. The van der Waals surface area contributed by atoms with Crippen LogP contribution < -0.4 is 5.32 Å². The number of anilines is 1. The molecular weight excluding hydrogens is 288 g/mol. The molecule has 0 radical (unpaired) electrons. The standard InChI is InChI=1S/C15H18N2O3S/c1-11(21(19)14-6-8-20-9-7-14)15(18)17-13-4-2-12(10-16)3-5-13/h2-5,11,14H,6-9H2,1H3,(H,17,18). The zero-order valence-corrected chi connectivity index (χ0v) is 12.7. The van der Waals surface area contributed by atoms with Gasteiger partial charge in [-0.1, -0.05) is 0 Å². The Morgan fingerprint density at radius 1 is 1.38 bits per heavy atom. The first-order chi connectivity index (χ1) is 10.1. The Morgan fingerprint density at radius 2 is 2.00 bits per heavy atom. The smallest absolute Gasteiger partial charge is 0.239 e. The first-order valence-corrected chi connectivity index (χ1v) is 8.17. The highest BCUT2D eigenvalue weighted by atomic mass is 32.2. The van der Waals surface area contributed by atoms with Crippen molar-refractivity contribution in [2.45, 2.75) is 30.3 Å². The topological polar surface area (TPSA) is 79.2 Å². The predicted octanol–water partition coefficient (Wildman–Crippen LogP) is 1.81. The van der Waals surface area contributed by atoms with Crippen LogP contribution in [-0.2, 0) is 20.3 Å². The Kier molecular flexibility index (Phi) is 5.48. The number of rotatable bonds is 4. The number of ether oxygens (including phenoxy) is 1. The lowest BCUT2D eigenvalue weighted by Crippen LogP contribution is -2.36. The maximum Gasteiger partial charge on any atom is 0.239 e. The van der Waals surface area contributed by atoms with Crippen LogP contribution in [-0.4, -0.2) is 33.8 Å². The van der Waals surface area contributed by atoms with Gasteiger partial charge in [0.05, 0.1) is 11.6 Å². The van der Waals surface area contributed by atoms with E-state index in [4.69, 9.17) is 10.00 Å². The van der Waals surface area contributed by atoms with Crippen LogP contribution in [0.1, 0.15) is 25.3 Å². The first-order valence-electron chi connectivity index (χ1n) is 6.90. The van der Waals surface area contributed by atoms with E-state index in [0.29, 0.717) is 24.5 Å². The van der Waals surface area contributed by atoms with E-state index in [2.05, 4.69) is 5.32 Å². The first kappa shape index (κ1) is 15.7. The number of carbonyl (C=O) groups is 1. The Balaban J connectivity index is 1.95. The van der Waals surface area contributed by atoms with Gasteiger partial charge in [-0.15, -0.1) is 0 Å². The van der Waals surface area contributed by atoms with Crippen LogP contribution >= 0.6 is 0 Å². The van der Waals surface area contributed by atoms with Gasteiger partial charge in [-0.2, -0.15) is 5.26 Å². The van der Waals surface area contributed by atoms with Gasteiger partial charge in [0.15, 0.2) is 0 Å². The molecule has 1 fully saturated rings. The Hall–Kier alpha value is -1.71. The molecule has 1 aromatic carbocycles. The number of nitrogens with zero attached hydrogens (tertiary/aromatic N) is 1. The normalized spacial score (nSPS) is 18.5. The van der Waals surface area contributed by atoms with Crippen LogP contribution in [0.25, 0.3) is 0 Å². The van der Waals surface area contributed by atoms with Crippen LogP contribution in [0.4, 0.5) is 5.69 Å². The minimum atomic E-state index is -1.21. The number of carbonyl (C=O) groups excluding carboxylic acids is 1. The van der Waals surface area contributed by atoms with Crippen molar-refractivity contribution in [1.82, 2.24) is 0 Å². The fourth-order valence-electron chi connectivity index (χ4n) is 2.17. The highest BCUT2D eigenvalue weighted by molar-refractivity contribution is 7.87. The molecule has 21 heavy (non-hydrogen) atoms.